The smallest absolute Gasteiger partial charge is 0.268 e. The molecule has 40 heavy (non-hydrogen) atoms. The molecule has 6 nitrogen and oxygen atoms in total. The summed E-state index contributed by atoms with van der Waals surface area (Å²) in [5.74, 6) is 0.987. The molecule has 3 saturated heterocycles. The molecule has 0 aromatic heterocycles. The molecule has 0 unspecified atom stereocenters. The maximum Gasteiger partial charge on any atom is 0.268 e. The first-order valence-corrected chi connectivity index (χ1v) is 13.6. The maximum absolute atomic E-state index is 14.2. The number of amides is 2. The van der Waals surface area contributed by atoms with Gasteiger partial charge in [0.25, 0.3) is 11.8 Å². The fourth-order valence-electron chi connectivity index (χ4n) is 7.26. The van der Waals surface area contributed by atoms with Crippen LogP contribution in [0.25, 0.3) is 0 Å². The lowest BCUT2D eigenvalue weighted by Gasteiger charge is -2.78. The summed E-state index contributed by atoms with van der Waals surface area (Å²) in [5, 5.41) is 0. The number of ether oxygens (including phenoxy) is 2. The van der Waals surface area contributed by atoms with E-state index in [0.717, 1.165) is 11.1 Å². The van der Waals surface area contributed by atoms with Gasteiger partial charge in [0.05, 0.1) is 5.54 Å². The monoisotopic (exact) mass is 530 g/mol. The van der Waals surface area contributed by atoms with Crippen molar-refractivity contribution in [1.82, 2.24) is 9.80 Å². The van der Waals surface area contributed by atoms with E-state index in [0.29, 0.717) is 18.0 Å². The third-order valence-electron chi connectivity index (χ3n) is 8.63. The van der Waals surface area contributed by atoms with Crippen LogP contribution in [0.5, 0.6) is 11.5 Å². The molecule has 0 N–H and O–H groups in total. The van der Waals surface area contributed by atoms with Crippen LogP contribution < -0.4 is 9.47 Å². The van der Waals surface area contributed by atoms with Gasteiger partial charge in [-0.05, 0) is 49.2 Å². The Bertz CT molecular complexity index is 1560. The lowest BCUT2D eigenvalue weighted by atomic mass is 9.50. The van der Waals surface area contributed by atoms with Crippen LogP contribution in [-0.4, -0.2) is 45.9 Å². The van der Waals surface area contributed by atoms with Gasteiger partial charge >= 0.3 is 0 Å². The highest BCUT2D eigenvalue weighted by molar-refractivity contribution is 6.00. The lowest BCUT2D eigenvalue weighted by molar-refractivity contribution is -0.300. The Balaban J connectivity index is 1.53. The minimum Gasteiger partial charge on any atom is -0.478 e. The molecule has 200 valence electrons. The van der Waals surface area contributed by atoms with Gasteiger partial charge in [0.1, 0.15) is 22.6 Å². The zero-order valence-electron chi connectivity index (χ0n) is 22.4. The van der Waals surface area contributed by atoms with Gasteiger partial charge < -0.3 is 19.3 Å². The Morgan fingerprint density at radius 1 is 0.575 bits per heavy atom. The number of nitrogens with zero attached hydrogens (tertiary/aromatic N) is 2. The highest BCUT2D eigenvalue weighted by atomic mass is 16.5. The number of hydrogen-bond donors (Lipinski definition) is 0. The van der Waals surface area contributed by atoms with Crippen molar-refractivity contribution in [2.24, 2.45) is 0 Å². The number of fused-ring (bicyclic) bond motifs is 3. The molecule has 4 atom stereocenters. The first kappa shape index (κ1) is 24.5. The summed E-state index contributed by atoms with van der Waals surface area (Å²) in [6.45, 7) is 4.41. The highest BCUT2D eigenvalue weighted by Gasteiger charge is 2.87. The van der Waals surface area contributed by atoms with Crippen molar-refractivity contribution in [3.63, 3.8) is 0 Å². The normalized spacial score (nSPS) is 28.1. The van der Waals surface area contributed by atoms with Gasteiger partial charge in [-0.25, -0.2) is 0 Å². The number of β-lactam (4-membered cyclic amide) rings is 2. The van der Waals surface area contributed by atoms with Crippen LogP contribution in [-0.2, 0) is 20.7 Å². The summed E-state index contributed by atoms with van der Waals surface area (Å²) in [5.41, 5.74) is -0.988. The van der Waals surface area contributed by atoms with Gasteiger partial charge in [0.2, 0.25) is 12.2 Å². The molecule has 3 aliphatic rings. The van der Waals surface area contributed by atoms with Gasteiger partial charge in [0.15, 0.2) is 0 Å². The van der Waals surface area contributed by atoms with E-state index in [1.54, 1.807) is 0 Å². The molecule has 0 bridgehead atoms. The van der Waals surface area contributed by atoms with Crippen molar-refractivity contribution in [3.8, 4) is 11.5 Å². The molecule has 6 heteroatoms. The van der Waals surface area contributed by atoms with E-state index < -0.39 is 28.8 Å². The maximum atomic E-state index is 14.2. The van der Waals surface area contributed by atoms with Crippen molar-refractivity contribution >= 4 is 11.8 Å². The van der Waals surface area contributed by atoms with Crippen molar-refractivity contribution in [2.75, 3.05) is 6.54 Å². The Hall–Kier alpha value is -4.58. The van der Waals surface area contributed by atoms with Crippen molar-refractivity contribution in [3.05, 3.63) is 132 Å². The largest absolute Gasteiger partial charge is 0.478 e. The molecule has 0 radical (unpaired) electrons. The summed E-state index contributed by atoms with van der Waals surface area (Å²) < 4.78 is 13.2. The molecular weight excluding hydrogens is 500 g/mol. The van der Waals surface area contributed by atoms with E-state index in [2.05, 4.69) is 0 Å². The molecule has 0 spiro atoms. The van der Waals surface area contributed by atoms with E-state index in [1.165, 1.54) is 0 Å². The molecular formula is C34H30N2O4. The Morgan fingerprint density at radius 3 is 1.45 bits per heavy atom. The third kappa shape index (κ3) is 3.04. The topological polar surface area (TPSA) is 59.1 Å². The zero-order chi connectivity index (χ0) is 27.5. The van der Waals surface area contributed by atoms with Crippen molar-refractivity contribution in [2.45, 2.75) is 42.7 Å². The summed E-state index contributed by atoms with van der Waals surface area (Å²) >= 11 is 0. The fraction of sp³-hybridized carbons (Fsp3) is 0.235. The van der Waals surface area contributed by atoms with Crippen LogP contribution in [0.1, 0.15) is 25.0 Å². The second-order valence-corrected chi connectivity index (χ2v) is 11.3. The summed E-state index contributed by atoms with van der Waals surface area (Å²) in [6.07, 6.45) is -1.78. The Kier molecular flexibility index (Phi) is 5.33. The third-order valence-corrected chi connectivity index (χ3v) is 8.63. The highest BCUT2D eigenvalue weighted by Crippen LogP contribution is 2.67. The molecule has 0 saturated carbocycles. The molecule has 2 amide bonds. The number of benzene rings is 4. The van der Waals surface area contributed by atoms with Crippen LogP contribution in [0.3, 0.4) is 0 Å². The summed E-state index contributed by atoms with van der Waals surface area (Å²) in [7, 11) is 0. The minimum atomic E-state index is -1.07. The minimum absolute atomic E-state index is 0.103. The Labute approximate surface area is 233 Å². The zero-order valence-corrected chi connectivity index (χ0v) is 22.4. The van der Waals surface area contributed by atoms with Crippen molar-refractivity contribution in [1.29, 1.82) is 0 Å². The van der Waals surface area contributed by atoms with Crippen LogP contribution in [0, 0.1) is 0 Å². The molecule has 7 rings (SSSR count). The van der Waals surface area contributed by atoms with E-state index >= 15 is 0 Å². The molecule has 3 fully saturated rings. The van der Waals surface area contributed by atoms with Crippen molar-refractivity contribution < 1.29 is 19.1 Å². The second kappa shape index (κ2) is 8.71. The van der Waals surface area contributed by atoms with E-state index in [1.807, 2.05) is 145 Å². The molecule has 3 heterocycles. The predicted octanol–water partition coefficient (Wildman–Crippen LogP) is 5.15. The SMILES string of the molecule is CC1(C)CN2C(=O)[C@@H](Oc3ccccc3)[C@]2(c2ccccc2)[C@@]2(c3ccccc3)[C@H](Oc3ccccc3)C(=O)N12. The standard InChI is InChI=1S/C34H30N2O4/c1-32(2)23-35-30(37)28(39-26-19-11-5-12-20-26)33(35,24-15-7-3-8-16-24)34(25-17-9-4-10-18-25)29(31(38)36(32)34)40-27-21-13-6-14-22-27/h3-22,28-29H,23H2,1-2H3/t28-,29-,33-,34-/m1/s1. The number of carbonyl (C=O) groups excluding carboxylic acids is 2. The number of carbonyl (C=O) groups is 2. The quantitative estimate of drug-likeness (QED) is 0.324. The lowest BCUT2D eigenvalue weighted by Crippen LogP contribution is -2.98. The van der Waals surface area contributed by atoms with Gasteiger partial charge in [0, 0.05) is 6.54 Å². The molecule has 4 aromatic carbocycles. The Morgan fingerprint density at radius 2 is 0.975 bits per heavy atom. The van der Waals surface area contributed by atoms with E-state index in [4.69, 9.17) is 9.47 Å². The first-order chi connectivity index (χ1) is 19.4. The number of piperazine rings is 1. The van der Waals surface area contributed by atoms with E-state index in [-0.39, 0.29) is 11.8 Å². The molecule has 4 aromatic rings. The first-order valence-electron chi connectivity index (χ1n) is 13.6. The number of hydrogen-bond acceptors (Lipinski definition) is 4. The van der Waals surface area contributed by atoms with E-state index in [9.17, 15) is 9.59 Å². The predicted molar refractivity (Wildman–Crippen MR) is 151 cm³/mol. The van der Waals surface area contributed by atoms with Crippen LogP contribution in [0.2, 0.25) is 0 Å². The molecule has 0 aliphatic carbocycles. The average molecular weight is 531 g/mol. The van der Waals surface area contributed by atoms with Gasteiger partial charge in [-0.15, -0.1) is 0 Å². The summed E-state index contributed by atoms with van der Waals surface area (Å²) in [6, 6.07) is 38.8. The number of rotatable bonds is 6. The average Bonchev–Trinajstić information content (AvgIpc) is 2.99. The molecule has 3 aliphatic heterocycles. The van der Waals surface area contributed by atoms with Crippen LogP contribution in [0.15, 0.2) is 121 Å². The van der Waals surface area contributed by atoms with Gasteiger partial charge in [-0.1, -0.05) is 97.1 Å². The van der Waals surface area contributed by atoms with Crippen LogP contribution >= 0.6 is 0 Å². The van der Waals surface area contributed by atoms with Gasteiger partial charge in [-0.3, -0.25) is 9.59 Å². The fourth-order valence-corrected chi connectivity index (χ4v) is 7.26. The number of para-hydroxylation sites is 2. The summed E-state index contributed by atoms with van der Waals surface area (Å²) in [4.78, 5) is 32.2. The van der Waals surface area contributed by atoms with Crippen LogP contribution in [0.4, 0.5) is 0 Å². The van der Waals surface area contributed by atoms with Gasteiger partial charge in [-0.2, -0.15) is 0 Å². The second-order valence-electron chi connectivity index (χ2n) is 11.3.